The third kappa shape index (κ3) is 3.56. The average Bonchev–Trinajstić information content (AvgIpc) is 2.67. The van der Waals surface area contributed by atoms with Gasteiger partial charge in [0.15, 0.2) is 0 Å². The summed E-state index contributed by atoms with van der Waals surface area (Å²) in [5.41, 5.74) is -0.182. The zero-order chi connectivity index (χ0) is 19.6. The minimum absolute atomic E-state index is 0.0140. The van der Waals surface area contributed by atoms with Crippen molar-refractivity contribution < 1.29 is 14.5 Å². The number of carbonyl (C=O) groups excluding carboxylic acids is 1. The highest BCUT2D eigenvalue weighted by atomic mass is 35.5. The summed E-state index contributed by atoms with van der Waals surface area (Å²) in [4.78, 5) is 41.5. The highest BCUT2D eigenvalue weighted by molar-refractivity contribution is 6.32. The van der Waals surface area contributed by atoms with Gasteiger partial charge in [-0.05, 0) is 11.6 Å². The van der Waals surface area contributed by atoms with E-state index in [0.29, 0.717) is 5.56 Å². The molecule has 0 saturated carbocycles. The van der Waals surface area contributed by atoms with Gasteiger partial charge in [0, 0.05) is 11.6 Å². The second kappa shape index (κ2) is 7.38. The van der Waals surface area contributed by atoms with Gasteiger partial charge in [-0.1, -0.05) is 48.0 Å². The van der Waals surface area contributed by atoms with Crippen molar-refractivity contribution in [2.24, 2.45) is 0 Å². The standard InChI is InChI=1S/C18H12ClN3O5/c1-27-17(23)14-15(10-5-3-2-4-6-10)20-18(24)21-16(14)11-7-8-12(19)13(9-11)22(25)26/h2-9H,1H3,(H,20,21,24). The molecule has 0 aliphatic heterocycles. The number of ether oxygens (including phenoxy) is 1. The Kier molecular flexibility index (Phi) is 5.00. The summed E-state index contributed by atoms with van der Waals surface area (Å²) in [7, 11) is 1.19. The molecule has 1 heterocycles. The van der Waals surface area contributed by atoms with E-state index in [-0.39, 0.29) is 33.2 Å². The molecule has 3 rings (SSSR count). The molecular formula is C18H12ClN3O5. The maximum Gasteiger partial charge on any atom is 0.346 e. The lowest BCUT2D eigenvalue weighted by Crippen LogP contribution is -2.19. The van der Waals surface area contributed by atoms with Crippen LogP contribution in [-0.4, -0.2) is 28.0 Å². The summed E-state index contributed by atoms with van der Waals surface area (Å²) >= 11 is 5.85. The van der Waals surface area contributed by atoms with Crippen molar-refractivity contribution in [2.75, 3.05) is 7.11 Å². The molecule has 0 amide bonds. The first-order chi connectivity index (χ1) is 12.9. The molecule has 27 heavy (non-hydrogen) atoms. The van der Waals surface area contributed by atoms with Gasteiger partial charge in [-0.25, -0.2) is 9.59 Å². The Morgan fingerprint density at radius 2 is 1.89 bits per heavy atom. The molecule has 0 aliphatic rings. The summed E-state index contributed by atoms with van der Waals surface area (Å²) < 4.78 is 4.84. The summed E-state index contributed by atoms with van der Waals surface area (Å²) in [6.07, 6.45) is 0. The quantitative estimate of drug-likeness (QED) is 0.417. The average molecular weight is 386 g/mol. The molecule has 0 bridgehead atoms. The number of rotatable bonds is 4. The number of nitrogens with zero attached hydrogens (tertiary/aromatic N) is 2. The number of halogens is 1. The summed E-state index contributed by atoms with van der Waals surface area (Å²) in [5, 5.41) is 11.1. The Hall–Kier alpha value is -3.52. The number of aromatic nitrogens is 2. The van der Waals surface area contributed by atoms with Crippen molar-refractivity contribution in [2.45, 2.75) is 0 Å². The Labute approximate surface area is 157 Å². The number of carbonyl (C=O) groups is 1. The lowest BCUT2D eigenvalue weighted by molar-refractivity contribution is -0.384. The van der Waals surface area contributed by atoms with E-state index in [1.54, 1.807) is 30.3 Å². The number of esters is 1. The summed E-state index contributed by atoms with van der Waals surface area (Å²) in [5.74, 6) is -0.745. The van der Waals surface area contributed by atoms with Crippen LogP contribution in [0.2, 0.25) is 5.02 Å². The number of benzene rings is 2. The van der Waals surface area contributed by atoms with E-state index >= 15 is 0 Å². The largest absolute Gasteiger partial charge is 0.465 e. The van der Waals surface area contributed by atoms with E-state index in [2.05, 4.69) is 9.97 Å². The number of methoxy groups -OCH3 is 1. The highest BCUT2D eigenvalue weighted by Crippen LogP contribution is 2.33. The van der Waals surface area contributed by atoms with E-state index < -0.39 is 16.6 Å². The Balaban J connectivity index is 2.35. The number of aromatic amines is 1. The molecule has 0 aliphatic carbocycles. The number of hydrogen-bond donors (Lipinski definition) is 1. The molecule has 0 spiro atoms. The zero-order valence-corrected chi connectivity index (χ0v) is 14.7. The first-order valence-corrected chi connectivity index (χ1v) is 8.02. The molecule has 0 unspecified atom stereocenters. The Bertz CT molecular complexity index is 1100. The van der Waals surface area contributed by atoms with Crippen LogP contribution in [-0.2, 0) is 4.74 Å². The molecule has 1 N–H and O–H groups in total. The van der Waals surface area contributed by atoms with Crippen LogP contribution in [0.3, 0.4) is 0 Å². The Morgan fingerprint density at radius 1 is 1.19 bits per heavy atom. The fraction of sp³-hybridized carbons (Fsp3) is 0.0556. The molecule has 136 valence electrons. The van der Waals surface area contributed by atoms with Crippen molar-refractivity contribution in [1.82, 2.24) is 9.97 Å². The molecule has 3 aromatic rings. The van der Waals surface area contributed by atoms with Crippen LogP contribution in [0.15, 0.2) is 53.3 Å². The predicted octanol–water partition coefficient (Wildman–Crippen LogP) is 3.45. The number of nitro groups is 1. The second-order valence-electron chi connectivity index (χ2n) is 5.42. The highest BCUT2D eigenvalue weighted by Gasteiger charge is 2.24. The van der Waals surface area contributed by atoms with E-state index in [1.165, 1.54) is 19.2 Å². The molecule has 1 aromatic heterocycles. The van der Waals surface area contributed by atoms with E-state index in [1.807, 2.05) is 0 Å². The van der Waals surface area contributed by atoms with Crippen LogP contribution in [0.4, 0.5) is 5.69 Å². The lowest BCUT2D eigenvalue weighted by Gasteiger charge is -2.12. The van der Waals surface area contributed by atoms with Gasteiger partial charge in [-0.3, -0.25) is 10.1 Å². The van der Waals surface area contributed by atoms with Crippen molar-refractivity contribution >= 4 is 23.3 Å². The van der Waals surface area contributed by atoms with Gasteiger partial charge < -0.3 is 9.72 Å². The van der Waals surface area contributed by atoms with E-state index in [4.69, 9.17) is 16.3 Å². The van der Waals surface area contributed by atoms with Crippen molar-refractivity contribution in [1.29, 1.82) is 0 Å². The van der Waals surface area contributed by atoms with E-state index in [0.717, 1.165) is 6.07 Å². The van der Waals surface area contributed by atoms with Crippen LogP contribution < -0.4 is 5.69 Å². The van der Waals surface area contributed by atoms with Crippen LogP contribution in [0, 0.1) is 10.1 Å². The van der Waals surface area contributed by atoms with Gasteiger partial charge in [0.2, 0.25) is 0 Å². The molecule has 0 radical (unpaired) electrons. The molecule has 0 fully saturated rings. The van der Waals surface area contributed by atoms with Gasteiger partial charge in [0.1, 0.15) is 10.6 Å². The number of nitro benzene ring substituents is 1. The number of hydrogen-bond acceptors (Lipinski definition) is 6. The molecular weight excluding hydrogens is 374 g/mol. The summed E-state index contributed by atoms with van der Waals surface area (Å²) in [6.45, 7) is 0. The zero-order valence-electron chi connectivity index (χ0n) is 13.9. The van der Waals surface area contributed by atoms with Gasteiger partial charge in [-0.15, -0.1) is 0 Å². The molecule has 2 aromatic carbocycles. The predicted molar refractivity (Wildman–Crippen MR) is 98.7 cm³/mol. The monoisotopic (exact) mass is 385 g/mol. The third-order valence-corrected chi connectivity index (χ3v) is 4.12. The van der Waals surface area contributed by atoms with Crippen molar-refractivity contribution in [3.63, 3.8) is 0 Å². The molecule has 9 heteroatoms. The first kappa shape index (κ1) is 18.3. The number of nitrogens with one attached hydrogen (secondary N) is 1. The van der Waals surface area contributed by atoms with Gasteiger partial charge in [-0.2, -0.15) is 4.98 Å². The normalized spacial score (nSPS) is 10.4. The summed E-state index contributed by atoms with van der Waals surface area (Å²) in [6, 6.07) is 12.6. The second-order valence-corrected chi connectivity index (χ2v) is 5.83. The maximum absolute atomic E-state index is 12.5. The molecule has 0 saturated heterocycles. The maximum atomic E-state index is 12.5. The first-order valence-electron chi connectivity index (χ1n) is 7.64. The molecule has 0 atom stereocenters. The van der Waals surface area contributed by atoms with Crippen LogP contribution in [0.5, 0.6) is 0 Å². The topological polar surface area (TPSA) is 115 Å². The van der Waals surface area contributed by atoms with Crippen LogP contribution in [0.1, 0.15) is 10.4 Å². The third-order valence-electron chi connectivity index (χ3n) is 3.80. The number of H-pyrrole nitrogens is 1. The van der Waals surface area contributed by atoms with Crippen LogP contribution >= 0.6 is 11.6 Å². The Morgan fingerprint density at radius 3 is 2.52 bits per heavy atom. The fourth-order valence-corrected chi connectivity index (χ4v) is 2.79. The van der Waals surface area contributed by atoms with Gasteiger partial charge in [0.05, 0.1) is 23.4 Å². The van der Waals surface area contributed by atoms with Gasteiger partial charge >= 0.3 is 11.7 Å². The minimum Gasteiger partial charge on any atom is -0.465 e. The van der Waals surface area contributed by atoms with Gasteiger partial charge in [0.25, 0.3) is 5.69 Å². The van der Waals surface area contributed by atoms with Crippen molar-refractivity contribution in [3.8, 4) is 22.5 Å². The smallest absolute Gasteiger partial charge is 0.346 e. The van der Waals surface area contributed by atoms with E-state index in [9.17, 15) is 19.7 Å². The molecule has 8 nitrogen and oxygen atoms in total. The fourth-order valence-electron chi connectivity index (χ4n) is 2.60. The minimum atomic E-state index is -0.745. The lowest BCUT2D eigenvalue weighted by atomic mass is 10.00. The van der Waals surface area contributed by atoms with Crippen molar-refractivity contribution in [3.05, 3.63) is 79.7 Å². The SMILES string of the molecule is COC(=O)c1c(-c2ccc(Cl)c([N+](=O)[O-])c2)nc(=O)[nH]c1-c1ccccc1. The van der Waals surface area contributed by atoms with Crippen LogP contribution in [0.25, 0.3) is 22.5 Å².